The molecule has 0 atom stereocenters. The minimum Gasteiger partial charge on any atom is -0.403 e. The second-order valence-electron chi connectivity index (χ2n) is 5.92. The van der Waals surface area contributed by atoms with Crippen molar-refractivity contribution in [2.75, 3.05) is 0 Å². The van der Waals surface area contributed by atoms with Crippen LogP contribution < -0.4 is 0 Å². The van der Waals surface area contributed by atoms with Crippen molar-refractivity contribution in [3.8, 4) is 0 Å². The molecule has 0 bridgehead atoms. The molecule has 0 saturated carbocycles. The molecule has 1 heterocycles. The van der Waals surface area contributed by atoms with Crippen molar-refractivity contribution in [3.63, 3.8) is 0 Å². The molecule has 0 aliphatic carbocycles. The Kier molecular flexibility index (Phi) is 3.84. The lowest BCUT2D eigenvalue weighted by Gasteiger charge is -2.32. The molecule has 1 aliphatic heterocycles. The third kappa shape index (κ3) is 2.82. The van der Waals surface area contributed by atoms with Crippen molar-refractivity contribution < 1.29 is 14.2 Å². The molecule has 1 fully saturated rings. The number of benzene rings is 1. The van der Waals surface area contributed by atoms with Crippen LogP contribution in [-0.4, -0.2) is 23.2 Å². The zero-order chi connectivity index (χ0) is 15.1. The Hall–Kier alpha value is -1.11. The van der Waals surface area contributed by atoms with Crippen LogP contribution >= 0.6 is 11.6 Å². The van der Waals surface area contributed by atoms with E-state index in [2.05, 4.69) is 0 Å². The second kappa shape index (κ2) is 5.02. The van der Waals surface area contributed by atoms with E-state index in [-0.39, 0.29) is 5.69 Å². The Morgan fingerprint density at radius 3 is 2.30 bits per heavy atom. The van der Waals surface area contributed by atoms with E-state index in [0.717, 1.165) is 0 Å². The Balaban J connectivity index is 2.24. The highest BCUT2D eigenvalue weighted by atomic mass is 35.5. The first kappa shape index (κ1) is 15.3. The summed E-state index contributed by atoms with van der Waals surface area (Å²) < 4.78 is 11.7. The lowest BCUT2D eigenvalue weighted by atomic mass is 9.80. The van der Waals surface area contributed by atoms with E-state index in [1.165, 1.54) is 12.1 Å². The van der Waals surface area contributed by atoms with Gasteiger partial charge in [0.15, 0.2) is 0 Å². The molecule has 1 aromatic rings. The van der Waals surface area contributed by atoms with Crippen LogP contribution in [0.25, 0.3) is 0 Å². The molecule has 108 valence electrons. The summed E-state index contributed by atoms with van der Waals surface area (Å²) in [7, 11) is -0.517. The molecule has 0 spiro atoms. The van der Waals surface area contributed by atoms with Gasteiger partial charge >= 0.3 is 7.12 Å². The van der Waals surface area contributed by atoms with Crippen LogP contribution in [0.15, 0.2) is 18.2 Å². The van der Waals surface area contributed by atoms with Gasteiger partial charge in [-0.2, -0.15) is 0 Å². The average Bonchev–Trinajstić information content (AvgIpc) is 2.46. The smallest absolute Gasteiger partial charge is 0.403 e. The molecule has 1 aliphatic rings. The summed E-state index contributed by atoms with van der Waals surface area (Å²) >= 11 is 5.91. The fourth-order valence-corrected chi connectivity index (χ4v) is 2.32. The maximum Gasteiger partial charge on any atom is 0.462 e. The summed E-state index contributed by atoms with van der Waals surface area (Å²) in [6.07, 6.45) is 0.295. The molecule has 1 saturated heterocycles. The predicted molar refractivity (Wildman–Crippen MR) is 77.9 cm³/mol. The SMILES string of the molecule is CC1(C)OB(Cc2cc(Cl)ccc2[N+](=O)[O-])OC1(C)C. The number of hydrogen-bond acceptors (Lipinski definition) is 4. The molecule has 2 rings (SSSR count). The zero-order valence-electron chi connectivity index (χ0n) is 12.0. The summed E-state index contributed by atoms with van der Waals surface area (Å²) in [6.45, 7) is 7.78. The topological polar surface area (TPSA) is 61.6 Å². The molecule has 5 nitrogen and oxygen atoms in total. The van der Waals surface area contributed by atoms with E-state index < -0.39 is 23.2 Å². The highest BCUT2D eigenvalue weighted by Crippen LogP contribution is 2.38. The van der Waals surface area contributed by atoms with Gasteiger partial charge < -0.3 is 9.31 Å². The Morgan fingerprint density at radius 2 is 1.80 bits per heavy atom. The van der Waals surface area contributed by atoms with Crippen LogP contribution in [0.3, 0.4) is 0 Å². The first-order valence-electron chi connectivity index (χ1n) is 6.41. The van der Waals surface area contributed by atoms with Crippen molar-refractivity contribution in [3.05, 3.63) is 38.9 Å². The average molecular weight is 298 g/mol. The quantitative estimate of drug-likeness (QED) is 0.487. The maximum atomic E-state index is 11.0. The van der Waals surface area contributed by atoms with Gasteiger partial charge in [-0.15, -0.1) is 0 Å². The number of halogens is 1. The van der Waals surface area contributed by atoms with Crippen molar-refractivity contribution in [1.82, 2.24) is 0 Å². The molecule has 20 heavy (non-hydrogen) atoms. The van der Waals surface area contributed by atoms with Crippen LogP contribution in [0.2, 0.25) is 5.02 Å². The van der Waals surface area contributed by atoms with Gasteiger partial charge in [0.2, 0.25) is 0 Å². The molecular formula is C13H17BClNO4. The molecule has 0 unspecified atom stereocenters. The summed E-state index contributed by atoms with van der Waals surface area (Å²) in [5.41, 5.74) is -0.360. The Bertz CT molecular complexity index is 531. The number of nitrogens with zero attached hydrogens (tertiary/aromatic N) is 1. The van der Waals surface area contributed by atoms with Crippen LogP contribution in [0, 0.1) is 10.1 Å². The standard InChI is InChI=1S/C13H17BClNO4/c1-12(2)13(3,4)20-14(19-12)8-9-7-10(15)5-6-11(9)16(17)18/h5-7H,8H2,1-4H3. The Labute approximate surface area is 123 Å². The number of hydrogen-bond donors (Lipinski definition) is 0. The zero-order valence-corrected chi connectivity index (χ0v) is 12.7. The van der Waals surface area contributed by atoms with Crippen molar-refractivity contribution >= 4 is 24.4 Å². The largest absolute Gasteiger partial charge is 0.462 e. The predicted octanol–water partition coefficient (Wildman–Crippen LogP) is 3.42. The van der Waals surface area contributed by atoms with E-state index >= 15 is 0 Å². The van der Waals surface area contributed by atoms with Gasteiger partial charge in [-0.05, 0) is 39.8 Å². The highest BCUT2D eigenvalue weighted by Gasteiger charge is 2.51. The van der Waals surface area contributed by atoms with E-state index in [9.17, 15) is 10.1 Å². The lowest BCUT2D eigenvalue weighted by molar-refractivity contribution is -0.385. The fraction of sp³-hybridized carbons (Fsp3) is 0.538. The van der Waals surface area contributed by atoms with Gasteiger partial charge in [-0.1, -0.05) is 11.6 Å². The van der Waals surface area contributed by atoms with Gasteiger partial charge in [-0.25, -0.2) is 0 Å². The minimum atomic E-state index is -0.517. The molecule has 0 amide bonds. The van der Waals surface area contributed by atoms with E-state index in [4.69, 9.17) is 20.9 Å². The van der Waals surface area contributed by atoms with Crippen molar-refractivity contribution in [2.24, 2.45) is 0 Å². The molecule has 0 aromatic heterocycles. The van der Waals surface area contributed by atoms with Gasteiger partial charge in [-0.3, -0.25) is 10.1 Å². The van der Waals surface area contributed by atoms with Crippen LogP contribution in [0.5, 0.6) is 0 Å². The molecule has 1 aromatic carbocycles. The van der Waals surface area contributed by atoms with Crippen LogP contribution in [0.1, 0.15) is 33.3 Å². The molecular weight excluding hydrogens is 280 g/mol. The third-order valence-corrected chi connectivity index (χ3v) is 4.16. The van der Waals surface area contributed by atoms with Gasteiger partial charge in [0.25, 0.3) is 5.69 Å². The Morgan fingerprint density at radius 1 is 1.25 bits per heavy atom. The van der Waals surface area contributed by atoms with Gasteiger partial charge in [0.1, 0.15) is 0 Å². The second-order valence-corrected chi connectivity index (χ2v) is 6.36. The summed E-state index contributed by atoms with van der Waals surface area (Å²) in [6, 6.07) is 4.50. The van der Waals surface area contributed by atoms with Crippen molar-refractivity contribution in [2.45, 2.75) is 45.2 Å². The highest BCUT2D eigenvalue weighted by molar-refractivity contribution is 6.45. The summed E-state index contributed by atoms with van der Waals surface area (Å²) in [4.78, 5) is 10.6. The molecule has 0 radical (unpaired) electrons. The van der Waals surface area contributed by atoms with E-state index in [1.54, 1.807) is 6.07 Å². The minimum absolute atomic E-state index is 0.0316. The monoisotopic (exact) mass is 297 g/mol. The third-order valence-electron chi connectivity index (χ3n) is 3.93. The maximum absolute atomic E-state index is 11.0. The molecule has 7 heteroatoms. The number of rotatable bonds is 3. The summed E-state index contributed by atoms with van der Waals surface area (Å²) in [5, 5.41) is 11.5. The van der Waals surface area contributed by atoms with Crippen LogP contribution in [0.4, 0.5) is 5.69 Å². The first-order chi connectivity index (χ1) is 9.12. The van der Waals surface area contributed by atoms with Crippen LogP contribution in [-0.2, 0) is 15.6 Å². The van der Waals surface area contributed by atoms with Crippen molar-refractivity contribution in [1.29, 1.82) is 0 Å². The normalized spacial score (nSPS) is 20.1. The first-order valence-corrected chi connectivity index (χ1v) is 6.79. The van der Waals surface area contributed by atoms with Gasteiger partial charge in [0.05, 0.1) is 16.1 Å². The summed E-state index contributed by atoms with van der Waals surface area (Å²) in [5.74, 6) is 0. The molecule has 0 N–H and O–H groups in total. The van der Waals surface area contributed by atoms with E-state index in [1.807, 2.05) is 27.7 Å². The lowest BCUT2D eigenvalue weighted by Crippen LogP contribution is -2.41. The fourth-order valence-electron chi connectivity index (χ4n) is 2.12. The van der Waals surface area contributed by atoms with E-state index in [0.29, 0.717) is 16.9 Å². The number of nitro groups is 1. The number of nitro benzene ring substituents is 1. The van der Waals surface area contributed by atoms with Gasteiger partial charge in [0, 0.05) is 23.0 Å².